The van der Waals surface area contributed by atoms with Gasteiger partial charge < -0.3 is 5.32 Å². The molecule has 82 valence electrons. The molecule has 0 spiro atoms. The lowest BCUT2D eigenvalue weighted by molar-refractivity contribution is 0.362. The topological polar surface area (TPSA) is 12.0 Å². The van der Waals surface area contributed by atoms with Crippen LogP contribution in [0.15, 0.2) is 12.2 Å². The molecule has 14 heavy (non-hydrogen) atoms. The zero-order chi connectivity index (χ0) is 10.6. The Kier molecular flexibility index (Phi) is 4.67. The van der Waals surface area contributed by atoms with Crippen molar-refractivity contribution in [3.63, 3.8) is 0 Å². The maximum Gasteiger partial charge on any atom is 0.00683 e. The molecule has 1 N–H and O–H groups in total. The first kappa shape index (κ1) is 11.8. The lowest BCUT2D eigenvalue weighted by Gasteiger charge is -2.21. The molecule has 1 nitrogen and oxygen atoms in total. The molecule has 2 unspecified atom stereocenters. The number of nitrogens with one attached hydrogen (secondary N) is 1. The standard InChI is InChI=1S/C13H25N/c1-5-10(2)8-11(3)12(4)9-14-13-6-7-13/h11-14H,2,5-9H2,1,3-4H3. The number of rotatable bonds is 7. The van der Waals surface area contributed by atoms with E-state index in [0.29, 0.717) is 0 Å². The van der Waals surface area contributed by atoms with Gasteiger partial charge >= 0.3 is 0 Å². The highest BCUT2D eigenvalue weighted by Gasteiger charge is 2.22. The molecule has 0 aromatic heterocycles. The predicted octanol–water partition coefficient (Wildman–Crippen LogP) is 3.37. The Bertz CT molecular complexity index is 182. The molecule has 0 amide bonds. The molecular formula is C13H25N. The number of hydrogen-bond acceptors (Lipinski definition) is 1. The monoisotopic (exact) mass is 195 g/mol. The van der Waals surface area contributed by atoms with Gasteiger partial charge in [-0.1, -0.05) is 32.9 Å². The van der Waals surface area contributed by atoms with E-state index in [4.69, 9.17) is 0 Å². The molecule has 2 atom stereocenters. The highest BCUT2D eigenvalue weighted by Crippen LogP contribution is 2.23. The fraction of sp³-hybridized carbons (Fsp3) is 0.846. The van der Waals surface area contributed by atoms with Crippen LogP contribution in [-0.4, -0.2) is 12.6 Å². The number of hydrogen-bond donors (Lipinski definition) is 1. The van der Waals surface area contributed by atoms with Crippen LogP contribution >= 0.6 is 0 Å². The first-order valence-electron chi connectivity index (χ1n) is 6.03. The van der Waals surface area contributed by atoms with E-state index in [1.807, 2.05) is 0 Å². The summed E-state index contributed by atoms with van der Waals surface area (Å²) in [7, 11) is 0. The van der Waals surface area contributed by atoms with Crippen LogP contribution in [0.3, 0.4) is 0 Å². The summed E-state index contributed by atoms with van der Waals surface area (Å²) in [5, 5.41) is 3.60. The molecule has 1 aliphatic rings. The van der Waals surface area contributed by atoms with Crippen molar-refractivity contribution in [3.05, 3.63) is 12.2 Å². The van der Waals surface area contributed by atoms with E-state index >= 15 is 0 Å². The lowest BCUT2D eigenvalue weighted by Crippen LogP contribution is -2.26. The zero-order valence-electron chi connectivity index (χ0n) is 9.97. The van der Waals surface area contributed by atoms with Crippen molar-refractivity contribution in [1.82, 2.24) is 5.32 Å². The van der Waals surface area contributed by atoms with Crippen LogP contribution in [0, 0.1) is 11.8 Å². The van der Waals surface area contributed by atoms with Gasteiger partial charge in [-0.05, 0) is 44.1 Å². The first-order valence-corrected chi connectivity index (χ1v) is 6.03. The summed E-state index contributed by atoms with van der Waals surface area (Å²) in [5.41, 5.74) is 1.40. The summed E-state index contributed by atoms with van der Waals surface area (Å²) in [6, 6.07) is 0.846. The van der Waals surface area contributed by atoms with Crippen LogP contribution in [0.2, 0.25) is 0 Å². The largest absolute Gasteiger partial charge is 0.314 e. The summed E-state index contributed by atoms with van der Waals surface area (Å²) in [6.45, 7) is 12.2. The van der Waals surface area contributed by atoms with Crippen molar-refractivity contribution in [2.75, 3.05) is 6.54 Å². The molecule has 0 radical (unpaired) electrons. The Morgan fingerprint density at radius 1 is 1.36 bits per heavy atom. The fourth-order valence-corrected chi connectivity index (χ4v) is 1.64. The number of allylic oxidation sites excluding steroid dienone is 1. The third-order valence-electron chi connectivity index (χ3n) is 3.39. The van der Waals surface area contributed by atoms with Crippen LogP contribution in [0.1, 0.15) is 46.5 Å². The highest BCUT2D eigenvalue weighted by atomic mass is 14.9. The first-order chi connectivity index (χ1) is 6.63. The summed E-state index contributed by atoms with van der Waals surface area (Å²) in [5.74, 6) is 1.55. The zero-order valence-corrected chi connectivity index (χ0v) is 9.97. The Labute approximate surface area is 89.0 Å². The Morgan fingerprint density at radius 3 is 2.50 bits per heavy atom. The molecule has 1 fully saturated rings. The van der Waals surface area contributed by atoms with Gasteiger partial charge in [0.2, 0.25) is 0 Å². The third-order valence-corrected chi connectivity index (χ3v) is 3.39. The van der Waals surface area contributed by atoms with Crippen LogP contribution in [0.5, 0.6) is 0 Å². The van der Waals surface area contributed by atoms with E-state index in [1.165, 1.54) is 31.4 Å². The molecular weight excluding hydrogens is 170 g/mol. The van der Waals surface area contributed by atoms with Crippen molar-refractivity contribution in [1.29, 1.82) is 0 Å². The molecule has 0 aliphatic heterocycles. The average molecular weight is 195 g/mol. The Balaban J connectivity index is 2.13. The Hall–Kier alpha value is -0.300. The SMILES string of the molecule is C=C(CC)CC(C)C(C)CNC1CC1. The van der Waals surface area contributed by atoms with E-state index in [2.05, 4.69) is 32.7 Å². The minimum absolute atomic E-state index is 0.772. The second kappa shape index (κ2) is 5.55. The lowest BCUT2D eigenvalue weighted by atomic mass is 9.89. The molecule has 1 saturated carbocycles. The minimum atomic E-state index is 0.772. The van der Waals surface area contributed by atoms with Crippen LogP contribution < -0.4 is 5.32 Å². The average Bonchev–Trinajstić information content (AvgIpc) is 2.97. The molecule has 0 aromatic rings. The van der Waals surface area contributed by atoms with Gasteiger partial charge in [0, 0.05) is 6.04 Å². The van der Waals surface area contributed by atoms with Gasteiger partial charge in [0.25, 0.3) is 0 Å². The van der Waals surface area contributed by atoms with Crippen molar-refractivity contribution in [2.24, 2.45) is 11.8 Å². The molecule has 0 heterocycles. The fourth-order valence-electron chi connectivity index (χ4n) is 1.64. The van der Waals surface area contributed by atoms with Crippen molar-refractivity contribution < 1.29 is 0 Å². The predicted molar refractivity (Wildman–Crippen MR) is 63.4 cm³/mol. The second-order valence-corrected chi connectivity index (χ2v) is 4.94. The van der Waals surface area contributed by atoms with Crippen molar-refractivity contribution in [3.8, 4) is 0 Å². The van der Waals surface area contributed by atoms with Crippen LogP contribution in [0.4, 0.5) is 0 Å². The smallest absolute Gasteiger partial charge is 0.00683 e. The van der Waals surface area contributed by atoms with Gasteiger partial charge in [0.05, 0.1) is 0 Å². The van der Waals surface area contributed by atoms with Crippen LogP contribution in [-0.2, 0) is 0 Å². The highest BCUT2D eigenvalue weighted by molar-refractivity contribution is 4.94. The van der Waals surface area contributed by atoms with Gasteiger partial charge in [-0.3, -0.25) is 0 Å². The maximum atomic E-state index is 4.08. The van der Waals surface area contributed by atoms with E-state index in [1.54, 1.807) is 0 Å². The van der Waals surface area contributed by atoms with Gasteiger partial charge in [-0.2, -0.15) is 0 Å². The van der Waals surface area contributed by atoms with Crippen LogP contribution in [0.25, 0.3) is 0 Å². The minimum Gasteiger partial charge on any atom is -0.314 e. The van der Waals surface area contributed by atoms with Crippen molar-refractivity contribution in [2.45, 2.75) is 52.5 Å². The summed E-state index contributed by atoms with van der Waals surface area (Å²) in [4.78, 5) is 0. The second-order valence-electron chi connectivity index (χ2n) is 4.94. The van der Waals surface area contributed by atoms with E-state index in [0.717, 1.165) is 24.3 Å². The third kappa shape index (κ3) is 4.28. The van der Waals surface area contributed by atoms with Gasteiger partial charge in [-0.15, -0.1) is 0 Å². The van der Waals surface area contributed by atoms with E-state index in [-0.39, 0.29) is 0 Å². The summed E-state index contributed by atoms with van der Waals surface area (Å²) >= 11 is 0. The normalized spacial score (nSPS) is 20.5. The van der Waals surface area contributed by atoms with E-state index in [9.17, 15) is 0 Å². The summed E-state index contributed by atoms with van der Waals surface area (Å²) in [6.07, 6.45) is 5.11. The van der Waals surface area contributed by atoms with Gasteiger partial charge in [0.1, 0.15) is 0 Å². The van der Waals surface area contributed by atoms with Gasteiger partial charge in [0.15, 0.2) is 0 Å². The molecule has 0 saturated heterocycles. The quantitative estimate of drug-likeness (QED) is 0.614. The summed E-state index contributed by atoms with van der Waals surface area (Å²) < 4.78 is 0. The maximum absolute atomic E-state index is 4.08. The molecule has 1 heteroatoms. The van der Waals surface area contributed by atoms with E-state index < -0.39 is 0 Å². The molecule has 1 rings (SSSR count). The molecule has 0 bridgehead atoms. The van der Waals surface area contributed by atoms with Crippen molar-refractivity contribution >= 4 is 0 Å². The molecule has 0 aromatic carbocycles. The Morgan fingerprint density at radius 2 is 2.00 bits per heavy atom. The van der Waals surface area contributed by atoms with Gasteiger partial charge in [-0.25, -0.2) is 0 Å². The molecule has 1 aliphatic carbocycles.